The number of hydrogen-bond acceptors (Lipinski definition) is 2. The van der Waals surface area contributed by atoms with Crippen LogP contribution in [0.1, 0.15) is 39.5 Å². The summed E-state index contributed by atoms with van der Waals surface area (Å²) >= 11 is 0. The Morgan fingerprint density at radius 1 is 1.43 bits per heavy atom. The zero-order valence-corrected chi connectivity index (χ0v) is 9.03. The summed E-state index contributed by atoms with van der Waals surface area (Å²) in [5.41, 5.74) is 11.6. The fourth-order valence-electron chi connectivity index (χ4n) is 1.86. The van der Waals surface area contributed by atoms with Crippen LogP contribution >= 0.6 is 0 Å². The molecule has 1 atom stereocenters. The van der Waals surface area contributed by atoms with Crippen LogP contribution in [0.25, 0.3) is 0 Å². The van der Waals surface area contributed by atoms with Crippen molar-refractivity contribution in [3.05, 3.63) is 0 Å². The molecule has 14 heavy (non-hydrogen) atoms. The first-order chi connectivity index (χ1) is 6.59. The number of hydrogen-bond donors (Lipinski definition) is 2. The molecule has 1 unspecified atom stereocenters. The molecule has 0 amide bonds. The molecule has 0 aromatic heterocycles. The fraction of sp³-hybridized carbons (Fsp3) is 0.800. The third-order valence-electron chi connectivity index (χ3n) is 2.79. The molecule has 4 N–H and O–H groups in total. The van der Waals surface area contributed by atoms with Crippen LogP contribution in [-0.2, 0) is 0 Å². The molecule has 0 bridgehead atoms. The second kappa shape index (κ2) is 4.98. The third kappa shape index (κ3) is 3.36. The molecule has 0 aromatic carbocycles. The van der Waals surface area contributed by atoms with Crippen molar-refractivity contribution < 1.29 is 0 Å². The second-order valence-electron chi connectivity index (χ2n) is 4.29. The van der Waals surface area contributed by atoms with E-state index in [0.29, 0.717) is 0 Å². The standard InChI is InChI=1S/C10H20N4/c1-7(2)8-4-3-5-9(6-8)13-14-10(11)12/h7-8H,3-6H2,1-2H3,(H4,11,12,14). The normalized spacial score (nSPS) is 25.4. The number of rotatable bonds is 2. The van der Waals surface area contributed by atoms with Crippen molar-refractivity contribution in [2.45, 2.75) is 39.5 Å². The molecule has 0 heterocycles. The van der Waals surface area contributed by atoms with Crippen LogP contribution in [0.4, 0.5) is 0 Å². The maximum Gasteiger partial charge on any atom is 0.211 e. The van der Waals surface area contributed by atoms with Crippen molar-refractivity contribution >= 4 is 11.7 Å². The van der Waals surface area contributed by atoms with E-state index >= 15 is 0 Å². The molecule has 0 saturated heterocycles. The predicted molar refractivity (Wildman–Crippen MR) is 60.0 cm³/mol. The quantitative estimate of drug-likeness (QED) is 0.398. The average Bonchev–Trinajstić information content (AvgIpc) is 2.15. The summed E-state index contributed by atoms with van der Waals surface area (Å²) in [6, 6.07) is 0. The van der Waals surface area contributed by atoms with Crippen molar-refractivity contribution in [1.29, 1.82) is 0 Å². The minimum atomic E-state index is 0.0455. The summed E-state index contributed by atoms with van der Waals surface area (Å²) in [5.74, 6) is 1.51. The minimum absolute atomic E-state index is 0.0455. The Labute approximate surface area is 85.5 Å². The van der Waals surface area contributed by atoms with Crippen molar-refractivity contribution in [2.75, 3.05) is 0 Å². The highest BCUT2D eigenvalue weighted by atomic mass is 15.3. The van der Waals surface area contributed by atoms with Gasteiger partial charge in [-0.15, -0.1) is 5.10 Å². The van der Waals surface area contributed by atoms with Gasteiger partial charge in [-0.2, -0.15) is 5.10 Å². The molecule has 0 aromatic rings. The summed E-state index contributed by atoms with van der Waals surface area (Å²) in [5, 5.41) is 7.77. The van der Waals surface area contributed by atoms with Crippen LogP contribution < -0.4 is 11.5 Å². The van der Waals surface area contributed by atoms with Gasteiger partial charge < -0.3 is 11.5 Å². The van der Waals surface area contributed by atoms with Crippen LogP contribution in [0.15, 0.2) is 10.2 Å². The lowest BCUT2D eigenvalue weighted by molar-refractivity contribution is 0.346. The molecule has 1 fully saturated rings. The number of nitrogens with two attached hydrogens (primary N) is 2. The molecular weight excluding hydrogens is 176 g/mol. The summed E-state index contributed by atoms with van der Waals surface area (Å²) in [6.07, 6.45) is 4.61. The molecule has 0 spiro atoms. The highest BCUT2D eigenvalue weighted by molar-refractivity contribution is 5.86. The van der Waals surface area contributed by atoms with Crippen LogP contribution in [-0.4, -0.2) is 11.7 Å². The first-order valence-corrected chi connectivity index (χ1v) is 5.24. The van der Waals surface area contributed by atoms with Gasteiger partial charge in [0, 0.05) is 5.71 Å². The van der Waals surface area contributed by atoms with Gasteiger partial charge in [0.05, 0.1) is 0 Å². The minimum Gasteiger partial charge on any atom is -0.369 e. The van der Waals surface area contributed by atoms with Gasteiger partial charge in [-0.3, -0.25) is 0 Å². The van der Waals surface area contributed by atoms with E-state index in [1.165, 1.54) is 12.8 Å². The average molecular weight is 196 g/mol. The molecule has 1 aliphatic carbocycles. The van der Waals surface area contributed by atoms with Gasteiger partial charge in [0.1, 0.15) is 0 Å². The van der Waals surface area contributed by atoms with Crippen molar-refractivity contribution in [2.24, 2.45) is 33.5 Å². The van der Waals surface area contributed by atoms with E-state index in [4.69, 9.17) is 11.5 Å². The van der Waals surface area contributed by atoms with Gasteiger partial charge in [-0.05, 0) is 37.5 Å². The zero-order chi connectivity index (χ0) is 10.6. The molecule has 1 aliphatic rings. The summed E-state index contributed by atoms with van der Waals surface area (Å²) in [4.78, 5) is 0. The van der Waals surface area contributed by atoms with Crippen LogP contribution in [0.2, 0.25) is 0 Å². The largest absolute Gasteiger partial charge is 0.369 e. The van der Waals surface area contributed by atoms with Gasteiger partial charge in [0.15, 0.2) is 0 Å². The molecule has 1 rings (SSSR count). The molecule has 0 radical (unpaired) electrons. The first-order valence-electron chi connectivity index (χ1n) is 5.24. The Hall–Kier alpha value is -1.06. The lowest BCUT2D eigenvalue weighted by Crippen LogP contribution is -2.23. The Kier molecular flexibility index (Phi) is 3.92. The monoisotopic (exact) mass is 196 g/mol. The Bertz CT molecular complexity index is 239. The third-order valence-corrected chi connectivity index (χ3v) is 2.79. The van der Waals surface area contributed by atoms with Crippen LogP contribution in [0.5, 0.6) is 0 Å². The Morgan fingerprint density at radius 3 is 2.71 bits per heavy atom. The zero-order valence-electron chi connectivity index (χ0n) is 9.03. The first kappa shape index (κ1) is 11.0. The predicted octanol–water partition coefficient (Wildman–Crippen LogP) is 1.46. The molecule has 4 heteroatoms. The number of nitrogens with zero attached hydrogens (tertiary/aromatic N) is 2. The van der Waals surface area contributed by atoms with Gasteiger partial charge in [0.2, 0.25) is 5.96 Å². The fourth-order valence-corrected chi connectivity index (χ4v) is 1.86. The maximum atomic E-state index is 5.22. The van der Waals surface area contributed by atoms with Crippen LogP contribution in [0, 0.1) is 11.8 Å². The maximum absolute atomic E-state index is 5.22. The lowest BCUT2D eigenvalue weighted by atomic mass is 9.81. The second-order valence-corrected chi connectivity index (χ2v) is 4.29. The van der Waals surface area contributed by atoms with E-state index in [-0.39, 0.29) is 5.96 Å². The van der Waals surface area contributed by atoms with Gasteiger partial charge in [0.25, 0.3) is 0 Å². The number of guanidine groups is 1. The highest BCUT2D eigenvalue weighted by Gasteiger charge is 2.20. The van der Waals surface area contributed by atoms with E-state index in [1.807, 2.05) is 0 Å². The van der Waals surface area contributed by atoms with Crippen molar-refractivity contribution in [1.82, 2.24) is 0 Å². The molecule has 4 nitrogen and oxygen atoms in total. The van der Waals surface area contributed by atoms with E-state index < -0.39 is 0 Å². The van der Waals surface area contributed by atoms with E-state index in [9.17, 15) is 0 Å². The molecule has 0 aliphatic heterocycles. The molecular formula is C10H20N4. The summed E-state index contributed by atoms with van der Waals surface area (Å²) in [7, 11) is 0. The van der Waals surface area contributed by atoms with E-state index in [1.54, 1.807) is 0 Å². The van der Waals surface area contributed by atoms with Crippen molar-refractivity contribution in [3.8, 4) is 0 Å². The Balaban J connectivity index is 2.56. The lowest BCUT2D eigenvalue weighted by Gasteiger charge is -2.25. The Morgan fingerprint density at radius 2 is 2.14 bits per heavy atom. The molecule has 80 valence electrons. The summed E-state index contributed by atoms with van der Waals surface area (Å²) < 4.78 is 0. The van der Waals surface area contributed by atoms with Gasteiger partial charge >= 0.3 is 0 Å². The molecule has 1 saturated carbocycles. The van der Waals surface area contributed by atoms with Crippen molar-refractivity contribution in [3.63, 3.8) is 0 Å². The van der Waals surface area contributed by atoms with Gasteiger partial charge in [-0.1, -0.05) is 13.8 Å². The smallest absolute Gasteiger partial charge is 0.211 e. The highest BCUT2D eigenvalue weighted by Crippen LogP contribution is 2.28. The van der Waals surface area contributed by atoms with Crippen LogP contribution in [0.3, 0.4) is 0 Å². The topological polar surface area (TPSA) is 76.8 Å². The SMILES string of the molecule is CC(C)C1CCCC(=NN=C(N)N)C1. The van der Waals surface area contributed by atoms with Gasteiger partial charge in [-0.25, -0.2) is 0 Å². The van der Waals surface area contributed by atoms with E-state index in [2.05, 4.69) is 24.1 Å². The summed E-state index contributed by atoms with van der Waals surface area (Å²) in [6.45, 7) is 4.52. The van der Waals surface area contributed by atoms with E-state index in [0.717, 1.165) is 30.4 Å².